The van der Waals surface area contributed by atoms with Gasteiger partial charge in [0.1, 0.15) is 0 Å². The summed E-state index contributed by atoms with van der Waals surface area (Å²) in [4.78, 5) is 24.4. The second kappa shape index (κ2) is 5.86. The Bertz CT molecular complexity index is 479. The van der Waals surface area contributed by atoms with E-state index in [1.54, 1.807) is 14.0 Å². The van der Waals surface area contributed by atoms with Crippen LogP contribution in [-0.2, 0) is 4.79 Å². The molecule has 0 saturated carbocycles. The molecule has 1 amide bonds. The number of rotatable bonds is 5. The van der Waals surface area contributed by atoms with Crippen molar-refractivity contribution in [2.75, 3.05) is 13.6 Å². The van der Waals surface area contributed by atoms with Crippen LogP contribution < -0.4 is 0 Å². The number of aromatic amines is 1. The van der Waals surface area contributed by atoms with E-state index in [2.05, 4.69) is 10.2 Å². The van der Waals surface area contributed by atoms with Crippen LogP contribution in [0.4, 0.5) is 0 Å². The molecule has 1 atom stereocenters. The molecule has 106 valence electrons. The van der Waals surface area contributed by atoms with Crippen LogP contribution in [0.2, 0.25) is 0 Å². The number of hydrogen-bond donors (Lipinski definition) is 2. The number of hydrogen-bond acceptors (Lipinski definition) is 3. The Kier molecular flexibility index (Phi) is 4.69. The molecular weight excluding hydrogens is 246 g/mol. The van der Waals surface area contributed by atoms with Crippen LogP contribution in [0, 0.1) is 12.8 Å². The summed E-state index contributed by atoms with van der Waals surface area (Å²) in [5, 5.41) is 15.8. The van der Waals surface area contributed by atoms with Crippen molar-refractivity contribution in [3.8, 4) is 0 Å². The van der Waals surface area contributed by atoms with Crippen LogP contribution in [0.3, 0.4) is 0 Å². The largest absolute Gasteiger partial charge is 0.481 e. The van der Waals surface area contributed by atoms with E-state index in [-0.39, 0.29) is 18.4 Å². The Labute approximate surface area is 112 Å². The molecule has 1 heterocycles. The average molecular weight is 267 g/mol. The minimum atomic E-state index is -0.915. The molecule has 0 spiro atoms. The second-order valence-corrected chi connectivity index (χ2v) is 5.19. The van der Waals surface area contributed by atoms with Gasteiger partial charge in [-0.1, -0.05) is 20.8 Å². The van der Waals surface area contributed by atoms with E-state index >= 15 is 0 Å². The van der Waals surface area contributed by atoms with E-state index in [0.717, 1.165) is 11.3 Å². The van der Waals surface area contributed by atoms with E-state index in [0.29, 0.717) is 5.69 Å². The molecular formula is C13H21N3O3. The van der Waals surface area contributed by atoms with Crippen molar-refractivity contribution in [2.24, 2.45) is 5.92 Å². The first-order valence-corrected chi connectivity index (χ1v) is 6.28. The summed E-state index contributed by atoms with van der Waals surface area (Å²) in [6.07, 6.45) is 0. The molecule has 0 aromatic carbocycles. The lowest BCUT2D eigenvalue weighted by atomic mass is 10.0. The first-order valence-electron chi connectivity index (χ1n) is 6.28. The SMILES string of the molecule is Cc1c(C(=O)N(C)CC(C)C(=O)O)n[nH]c1C(C)C. The first kappa shape index (κ1) is 15.2. The molecule has 1 aromatic heterocycles. The molecule has 19 heavy (non-hydrogen) atoms. The van der Waals surface area contributed by atoms with Crippen molar-refractivity contribution in [3.63, 3.8) is 0 Å². The van der Waals surface area contributed by atoms with Crippen LogP contribution in [0.15, 0.2) is 0 Å². The van der Waals surface area contributed by atoms with Crippen LogP contribution in [0.25, 0.3) is 0 Å². The fourth-order valence-electron chi connectivity index (χ4n) is 1.93. The molecule has 0 bridgehead atoms. The maximum atomic E-state index is 12.2. The smallest absolute Gasteiger partial charge is 0.308 e. The van der Waals surface area contributed by atoms with Crippen LogP contribution in [-0.4, -0.2) is 45.7 Å². The minimum absolute atomic E-state index is 0.164. The van der Waals surface area contributed by atoms with E-state index in [1.165, 1.54) is 4.90 Å². The third kappa shape index (κ3) is 3.33. The van der Waals surface area contributed by atoms with Crippen molar-refractivity contribution in [1.82, 2.24) is 15.1 Å². The molecule has 6 nitrogen and oxygen atoms in total. The summed E-state index contributed by atoms with van der Waals surface area (Å²) < 4.78 is 0. The summed E-state index contributed by atoms with van der Waals surface area (Å²) in [7, 11) is 1.59. The number of carbonyl (C=O) groups excluding carboxylic acids is 1. The Morgan fingerprint density at radius 1 is 1.37 bits per heavy atom. The number of carbonyl (C=O) groups is 2. The second-order valence-electron chi connectivity index (χ2n) is 5.19. The number of carboxylic acids is 1. The summed E-state index contributed by atoms with van der Waals surface area (Å²) in [5.41, 5.74) is 2.13. The monoisotopic (exact) mass is 267 g/mol. The van der Waals surface area contributed by atoms with Gasteiger partial charge >= 0.3 is 5.97 Å². The summed E-state index contributed by atoms with van der Waals surface area (Å²) in [5.74, 6) is -1.51. The number of amides is 1. The zero-order valence-corrected chi connectivity index (χ0v) is 12.0. The third-order valence-electron chi connectivity index (χ3n) is 3.14. The van der Waals surface area contributed by atoms with Gasteiger partial charge in [0, 0.05) is 24.8 Å². The average Bonchev–Trinajstić information content (AvgIpc) is 2.69. The Hall–Kier alpha value is -1.85. The molecule has 0 aliphatic rings. The van der Waals surface area contributed by atoms with Gasteiger partial charge in [0.15, 0.2) is 5.69 Å². The molecule has 0 aliphatic carbocycles. The Morgan fingerprint density at radius 2 is 1.95 bits per heavy atom. The quantitative estimate of drug-likeness (QED) is 0.849. The van der Waals surface area contributed by atoms with Gasteiger partial charge in [0.25, 0.3) is 5.91 Å². The van der Waals surface area contributed by atoms with Crippen molar-refractivity contribution >= 4 is 11.9 Å². The van der Waals surface area contributed by atoms with Crippen LogP contribution in [0.1, 0.15) is 48.4 Å². The predicted molar refractivity (Wildman–Crippen MR) is 71.2 cm³/mol. The van der Waals surface area contributed by atoms with Gasteiger partial charge in [-0.2, -0.15) is 5.10 Å². The van der Waals surface area contributed by atoms with Gasteiger partial charge in [0.05, 0.1) is 5.92 Å². The molecule has 1 rings (SSSR count). The molecule has 1 unspecified atom stereocenters. The van der Waals surface area contributed by atoms with Crippen molar-refractivity contribution < 1.29 is 14.7 Å². The van der Waals surface area contributed by atoms with Crippen molar-refractivity contribution in [1.29, 1.82) is 0 Å². The van der Waals surface area contributed by atoms with Crippen molar-refractivity contribution in [3.05, 3.63) is 17.0 Å². The highest BCUT2D eigenvalue weighted by molar-refractivity contribution is 5.94. The van der Waals surface area contributed by atoms with Gasteiger partial charge in [-0.15, -0.1) is 0 Å². The minimum Gasteiger partial charge on any atom is -0.481 e. The normalized spacial score (nSPS) is 12.5. The molecule has 2 N–H and O–H groups in total. The molecule has 0 aliphatic heterocycles. The van der Waals surface area contributed by atoms with Crippen LogP contribution in [0.5, 0.6) is 0 Å². The number of aromatic nitrogens is 2. The lowest BCUT2D eigenvalue weighted by Gasteiger charge is -2.18. The Balaban J connectivity index is 2.86. The number of nitrogens with one attached hydrogen (secondary N) is 1. The molecule has 0 saturated heterocycles. The number of carboxylic acid groups (broad SMARTS) is 1. The van der Waals surface area contributed by atoms with E-state index in [1.807, 2.05) is 20.8 Å². The zero-order valence-electron chi connectivity index (χ0n) is 12.0. The first-order chi connectivity index (χ1) is 8.75. The topological polar surface area (TPSA) is 86.3 Å². The van der Waals surface area contributed by atoms with E-state index in [4.69, 9.17) is 5.11 Å². The van der Waals surface area contributed by atoms with E-state index < -0.39 is 11.9 Å². The number of aliphatic carboxylic acids is 1. The highest BCUT2D eigenvalue weighted by atomic mass is 16.4. The summed E-state index contributed by atoms with van der Waals surface area (Å²) in [6, 6.07) is 0. The lowest BCUT2D eigenvalue weighted by Crippen LogP contribution is -2.34. The maximum Gasteiger partial charge on any atom is 0.308 e. The fourth-order valence-corrected chi connectivity index (χ4v) is 1.93. The summed E-state index contributed by atoms with van der Waals surface area (Å²) >= 11 is 0. The van der Waals surface area contributed by atoms with Crippen LogP contribution >= 0.6 is 0 Å². The highest BCUT2D eigenvalue weighted by Crippen LogP contribution is 2.19. The van der Waals surface area contributed by atoms with Crippen molar-refractivity contribution in [2.45, 2.75) is 33.6 Å². The maximum absolute atomic E-state index is 12.2. The molecule has 0 radical (unpaired) electrons. The zero-order chi connectivity index (χ0) is 14.7. The standard InChI is InChI=1S/C13H21N3O3/c1-7(2)10-9(4)11(15-14-10)12(17)16(5)6-8(3)13(18)19/h7-8H,6H2,1-5H3,(H,14,15)(H,18,19). The van der Waals surface area contributed by atoms with Gasteiger partial charge in [0.2, 0.25) is 0 Å². The number of H-pyrrole nitrogens is 1. The predicted octanol–water partition coefficient (Wildman–Crippen LogP) is 1.63. The third-order valence-corrected chi connectivity index (χ3v) is 3.14. The highest BCUT2D eigenvalue weighted by Gasteiger charge is 2.23. The Morgan fingerprint density at radius 3 is 2.37 bits per heavy atom. The van der Waals surface area contributed by atoms with Gasteiger partial charge in [-0.3, -0.25) is 14.7 Å². The van der Waals surface area contributed by atoms with Gasteiger partial charge < -0.3 is 10.0 Å². The molecule has 1 aromatic rings. The van der Waals surface area contributed by atoms with Gasteiger partial charge in [-0.05, 0) is 12.8 Å². The number of nitrogens with zero attached hydrogens (tertiary/aromatic N) is 2. The van der Waals surface area contributed by atoms with Gasteiger partial charge in [-0.25, -0.2) is 0 Å². The molecule has 0 fully saturated rings. The molecule has 6 heteroatoms. The van der Waals surface area contributed by atoms with E-state index in [9.17, 15) is 9.59 Å². The fraction of sp³-hybridized carbons (Fsp3) is 0.615. The lowest BCUT2D eigenvalue weighted by molar-refractivity contribution is -0.141. The summed E-state index contributed by atoms with van der Waals surface area (Å²) in [6.45, 7) is 7.62.